The van der Waals surface area contributed by atoms with E-state index in [0.717, 1.165) is 6.42 Å². The van der Waals surface area contributed by atoms with Gasteiger partial charge in [-0.15, -0.1) is 6.58 Å². The molecule has 2 unspecified atom stereocenters. The van der Waals surface area contributed by atoms with E-state index < -0.39 is 9.84 Å². The number of hydrogen-bond donors (Lipinski definition) is 1. The summed E-state index contributed by atoms with van der Waals surface area (Å²) in [6, 6.07) is -0.0280. The van der Waals surface area contributed by atoms with Gasteiger partial charge in [0.1, 0.15) is 0 Å². The fraction of sp³-hybridized carbons (Fsp3) is 0.750. The van der Waals surface area contributed by atoms with Crippen LogP contribution in [0.15, 0.2) is 12.7 Å². The number of hydrogen-bond acceptors (Lipinski definition) is 3. The van der Waals surface area contributed by atoms with Crippen molar-refractivity contribution in [2.45, 2.75) is 18.9 Å². The van der Waals surface area contributed by atoms with Crippen LogP contribution in [0.1, 0.15) is 12.8 Å². The zero-order valence-corrected chi connectivity index (χ0v) is 7.89. The number of rotatable bonds is 3. The van der Waals surface area contributed by atoms with E-state index >= 15 is 0 Å². The molecule has 1 saturated heterocycles. The van der Waals surface area contributed by atoms with Crippen LogP contribution in [0.2, 0.25) is 0 Å². The first kappa shape index (κ1) is 9.74. The smallest absolute Gasteiger partial charge is 0.150 e. The van der Waals surface area contributed by atoms with Gasteiger partial charge in [0, 0.05) is 6.04 Å². The summed E-state index contributed by atoms with van der Waals surface area (Å²) < 4.78 is 22.1. The van der Waals surface area contributed by atoms with Crippen LogP contribution in [-0.2, 0) is 9.84 Å². The van der Waals surface area contributed by atoms with E-state index in [4.69, 9.17) is 5.73 Å². The highest BCUT2D eigenvalue weighted by Gasteiger charge is 2.31. The maximum atomic E-state index is 11.1. The third-order valence-electron chi connectivity index (χ3n) is 2.31. The first-order chi connectivity index (χ1) is 5.55. The molecule has 0 spiro atoms. The second kappa shape index (κ2) is 3.58. The molecule has 0 bridgehead atoms. The lowest BCUT2D eigenvalue weighted by molar-refractivity contribution is 0.467. The van der Waals surface area contributed by atoms with Crippen molar-refractivity contribution in [3.8, 4) is 0 Å². The van der Waals surface area contributed by atoms with E-state index in [1.54, 1.807) is 6.08 Å². The van der Waals surface area contributed by atoms with Gasteiger partial charge < -0.3 is 5.73 Å². The van der Waals surface area contributed by atoms with Crippen molar-refractivity contribution in [1.29, 1.82) is 0 Å². The Morgan fingerprint density at radius 3 is 2.75 bits per heavy atom. The molecule has 0 amide bonds. The minimum atomic E-state index is -2.77. The van der Waals surface area contributed by atoms with Gasteiger partial charge in [0.25, 0.3) is 0 Å². The first-order valence-electron chi connectivity index (χ1n) is 4.12. The van der Waals surface area contributed by atoms with Gasteiger partial charge in [0.15, 0.2) is 9.84 Å². The summed E-state index contributed by atoms with van der Waals surface area (Å²) >= 11 is 0. The van der Waals surface area contributed by atoms with Gasteiger partial charge in [-0.05, 0) is 18.8 Å². The molecule has 3 nitrogen and oxygen atoms in total. The zero-order chi connectivity index (χ0) is 9.19. The van der Waals surface area contributed by atoms with Crippen LogP contribution < -0.4 is 5.73 Å². The number of sulfone groups is 1. The van der Waals surface area contributed by atoms with Crippen molar-refractivity contribution >= 4 is 9.84 Å². The van der Waals surface area contributed by atoms with E-state index in [1.807, 2.05) is 0 Å². The third-order valence-corrected chi connectivity index (χ3v) is 4.11. The molecule has 1 aliphatic heterocycles. The van der Waals surface area contributed by atoms with Gasteiger partial charge in [0.2, 0.25) is 0 Å². The summed E-state index contributed by atoms with van der Waals surface area (Å²) in [6.45, 7) is 3.58. The van der Waals surface area contributed by atoms with Crippen LogP contribution in [0, 0.1) is 5.92 Å². The molecule has 4 heteroatoms. The number of nitrogens with two attached hydrogens (primary N) is 1. The molecule has 70 valence electrons. The fourth-order valence-electron chi connectivity index (χ4n) is 1.55. The molecule has 2 N–H and O–H groups in total. The maximum absolute atomic E-state index is 11.1. The van der Waals surface area contributed by atoms with Crippen LogP contribution in [-0.4, -0.2) is 26.0 Å². The molecule has 1 aliphatic rings. The lowest BCUT2D eigenvalue weighted by Gasteiger charge is -2.14. The molecular formula is C8H15NO2S. The average Bonchev–Trinajstić information content (AvgIpc) is 2.31. The van der Waals surface area contributed by atoms with E-state index in [-0.39, 0.29) is 17.7 Å². The van der Waals surface area contributed by atoms with Gasteiger partial charge in [-0.25, -0.2) is 8.42 Å². The van der Waals surface area contributed by atoms with Crippen molar-refractivity contribution in [3.63, 3.8) is 0 Å². The van der Waals surface area contributed by atoms with Crippen molar-refractivity contribution < 1.29 is 8.42 Å². The topological polar surface area (TPSA) is 60.2 Å². The highest BCUT2D eigenvalue weighted by atomic mass is 32.2. The Morgan fingerprint density at radius 2 is 2.33 bits per heavy atom. The van der Waals surface area contributed by atoms with Crippen LogP contribution in [0.25, 0.3) is 0 Å². The Morgan fingerprint density at radius 1 is 1.67 bits per heavy atom. The lowest BCUT2D eigenvalue weighted by atomic mass is 9.97. The average molecular weight is 189 g/mol. The Kier molecular flexibility index (Phi) is 2.90. The Labute approximate surface area is 73.6 Å². The Bertz CT molecular complexity index is 258. The molecule has 0 saturated carbocycles. The Hall–Kier alpha value is -0.350. The van der Waals surface area contributed by atoms with Crippen molar-refractivity contribution in [1.82, 2.24) is 0 Å². The monoisotopic (exact) mass is 189 g/mol. The van der Waals surface area contributed by atoms with E-state index in [9.17, 15) is 8.42 Å². The van der Waals surface area contributed by atoms with Gasteiger partial charge in [-0.1, -0.05) is 6.08 Å². The molecule has 12 heavy (non-hydrogen) atoms. The van der Waals surface area contributed by atoms with E-state index in [1.165, 1.54) is 0 Å². The summed E-state index contributed by atoms with van der Waals surface area (Å²) in [4.78, 5) is 0. The molecule has 0 aliphatic carbocycles. The van der Waals surface area contributed by atoms with E-state index in [2.05, 4.69) is 6.58 Å². The summed E-state index contributed by atoms with van der Waals surface area (Å²) in [5.41, 5.74) is 5.77. The molecular weight excluding hydrogens is 174 g/mol. The molecule has 1 heterocycles. The minimum Gasteiger partial charge on any atom is -0.327 e. The Balaban J connectivity index is 2.52. The van der Waals surface area contributed by atoms with Crippen molar-refractivity contribution in [2.24, 2.45) is 11.7 Å². The maximum Gasteiger partial charge on any atom is 0.150 e. The van der Waals surface area contributed by atoms with Gasteiger partial charge >= 0.3 is 0 Å². The molecule has 0 aromatic carbocycles. The molecule has 0 radical (unpaired) electrons. The molecule has 1 fully saturated rings. The lowest BCUT2D eigenvalue weighted by Crippen LogP contribution is -2.30. The van der Waals surface area contributed by atoms with Crippen LogP contribution >= 0.6 is 0 Å². The highest BCUT2D eigenvalue weighted by molar-refractivity contribution is 7.91. The predicted molar refractivity (Wildman–Crippen MR) is 49.6 cm³/mol. The van der Waals surface area contributed by atoms with Crippen LogP contribution in [0.4, 0.5) is 0 Å². The van der Waals surface area contributed by atoms with Crippen LogP contribution in [0.3, 0.4) is 0 Å². The SMILES string of the molecule is C=CCC(N)C1CCS(=O)(=O)C1. The summed E-state index contributed by atoms with van der Waals surface area (Å²) in [6.07, 6.45) is 3.17. The largest absolute Gasteiger partial charge is 0.327 e. The second-order valence-electron chi connectivity index (χ2n) is 3.35. The van der Waals surface area contributed by atoms with Crippen molar-refractivity contribution in [2.75, 3.05) is 11.5 Å². The molecule has 0 aromatic rings. The van der Waals surface area contributed by atoms with Gasteiger partial charge in [0.05, 0.1) is 11.5 Å². The standard InChI is InChI=1S/C8H15NO2S/c1-2-3-8(9)7-4-5-12(10,11)6-7/h2,7-8H,1,3-6,9H2. The van der Waals surface area contributed by atoms with Crippen LogP contribution in [0.5, 0.6) is 0 Å². The summed E-state index contributed by atoms with van der Waals surface area (Å²) in [5, 5.41) is 0. The van der Waals surface area contributed by atoms with Crippen molar-refractivity contribution in [3.05, 3.63) is 12.7 Å². The first-order valence-corrected chi connectivity index (χ1v) is 5.94. The predicted octanol–water partition coefficient (Wildman–Crippen LogP) is 0.325. The molecule has 1 rings (SSSR count). The minimum absolute atomic E-state index is 0.0280. The second-order valence-corrected chi connectivity index (χ2v) is 5.58. The summed E-state index contributed by atoms with van der Waals surface area (Å²) in [7, 11) is -2.77. The summed E-state index contributed by atoms with van der Waals surface area (Å²) in [5.74, 6) is 0.720. The quantitative estimate of drug-likeness (QED) is 0.651. The van der Waals surface area contributed by atoms with Gasteiger partial charge in [-0.3, -0.25) is 0 Å². The van der Waals surface area contributed by atoms with Gasteiger partial charge in [-0.2, -0.15) is 0 Å². The highest BCUT2D eigenvalue weighted by Crippen LogP contribution is 2.22. The zero-order valence-electron chi connectivity index (χ0n) is 7.07. The molecule has 2 atom stereocenters. The third kappa shape index (κ3) is 2.32. The fourth-order valence-corrected chi connectivity index (χ4v) is 3.44. The molecule has 0 aromatic heterocycles. The van der Waals surface area contributed by atoms with E-state index in [0.29, 0.717) is 12.2 Å². The normalized spacial score (nSPS) is 29.9.